The summed E-state index contributed by atoms with van der Waals surface area (Å²) in [6, 6.07) is 21.2. The van der Waals surface area contributed by atoms with Crippen molar-refractivity contribution in [3.8, 4) is 0 Å². The summed E-state index contributed by atoms with van der Waals surface area (Å²) < 4.78 is 0. The number of hydrogen-bond donors (Lipinski definition) is 1. The van der Waals surface area contributed by atoms with E-state index in [9.17, 15) is 5.11 Å². The highest BCUT2D eigenvalue weighted by atomic mass is 16.3. The van der Waals surface area contributed by atoms with Crippen LogP contribution in [0.25, 0.3) is 0 Å². The number of hydrogen-bond acceptors (Lipinski definition) is 2. The van der Waals surface area contributed by atoms with Crippen LogP contribution in [0.2, 0.25) is 0 Å². The maximum absolute atomic E-state index is 10.3. The summed E-state index contributed by atoms with van der Waals surface area (Å²) in [5.41, 5.74) is 2.58. The molecular weight excluding hydrogens is 282 g/mol. The van der Waals surface area contributed by atoms with E-state index in [1.54, 1.807) is 0 Å². The van der Waals surface area contributed by atoms with Gasteiger partial charge in [0.2, 0.25) is 0 Å². The fourth-order valence-corrected chi connectivity index (χ4v) is 3.06. The van der Waals surface area contributed by atoms with Crippen LogP contribution < -0.4 is 0 Å². The molecule has 0 aliphatic carbocycles. The number of aliphatic hydroxyl groups is 1. The Bertz CT molecular complexity index is 509. The van der Waals surface area contributed by atoms with Crippen molar-refractivity contribution in [2.45, 2.75) is 52.4 Å². The van der Waals surface area contributed by atoms with Gasteiger partial charge < -0.3 is 5.11 Å². The molecule has 0 spiro atoms. The quantitative estimate of drug-likeness (QED) is 0.776. The number of aliphatic hydroxyl groups excluding tert-OH is 1. The van der Waals surface area contributed by atoms with Gasteiger partial charge in [0.15, 0.2) is 0 Å². The summed E-state index contributed by atoms with van der Waals surface area (Å²) in [6.45, 7) is 8.07. The van der Waals surface area contributed by atoms with Crippen molar-refractivity contribution in [3.63, 3.8) is 0 Å². The van der Waals surface area contributed by atoms with E-state index in [0.717, 1.165) is 19.5 Å². The Hall–Kier alpha value is -1.64. The van der Waals surface area contributed by atoms with Crippen LogP contribution in [0.15, 0.2) is 60.7 Å². The normalized spacial score (nSPS) is 14.2. The highest BCUT2D eigenvalue weighted by Gasteiger charge is 2.24. The molecule has 0 unspecified atom stereocenters. The summed E-state index contributed by atoms with van der Waals surface area (Å²) in [7, 11) is 0. The number of nitrogens with zero attached hydrogens (tertiary/aromatic N) is 1. The molecule has 2 nitrogen and oxygen atoms in total. The molecule has 0 fully saturated rings. The summed E-state index contributed by atoms with van der Waals surface area (Å²) in [4.78, 5) is 2.41. The van der Waals surface area contributed by atoms with Crippen molar-refractivity contribution in [3.05, 3.63) is 71.8 Å². The second kappa shape index (κ2) is 8.85. The largest absolute Gasteiger partial charge is 0.392 e. The average Bonchev–Trinajstić information content (AvgIpc) is 2.53. The van der Waals surface area contributed by atoms with Crippen LogP contribution in [0.5, 0.6) is 0 Å². The molecule has 0 aromatic heterocycles. The van der Waals surface area contributed by atoms with Gasteiger partial charge in [0, 0.05) is 19.1 Å². The third kappa shape index (κ3) is 5.81. The molecule has 0 heterocycles. The molecular formula is C21H29NO. The standard InChI is InChI=1S/C21H29NO/c1-17(2)14-21(18(3)23)22(15-19-10-6-4-7-11-19)16-20-12-8-5-9-13-20/h4-13,17-18,21,23H,14-16H2,1-3H3/t18-,21-/m0/s1. The molecule has 2 rings (SSSR count). The van der Waals surface area contributed by atoms with Crippen LogP contribution in [0, 0.1) is 5.92 Å². The Morgan fingerprint density at radius 3 is 1.57 bits per heavy atom. The molecule has 0 bridgehead atoms. The Morgan fingerprint density at radius 2 is 1.22 bits per heavy atom. The third-order valence-electron chi connectivity index (χ3n) is 4.20. The molecule has 124 valence electrons. The molecule has 1 N–H and O–H groups in total. The van der Waals surface area contributed by atoms with Crippen LogP contribution in [-0.4, -0.2) is 22.2 Å². The Kier molecular flexibility index (Phi) is 6.82. The summed E-state index contributed by atoms with van der Waals surface area (Å²) in [6.07, 6.45) is 0.655. The third-order valence-corrected chi connectivity index (χ3v) is 4.20. The first-order chi connectivity index (χ1) is 11.1. The topological polar surface area (TPSA) is 23.5 Å². The lowest BCUT2D eigenvalue weighted by molar-refractivity contribution is 0.0386. The summed E-state index contributed by atoms with van der Waals surface area (Å²) in [5, 5.41) is 10.3. The maximum Gasteiger partial charge on any atom is 0.0667 e. The zero-order valence-corrected chi connectivity index (χ0v) is 14.5. The Labute approximate surface area is 140 Å². The second-order valence-electron chi connectivity index (χ2n) is 6.81. The lowest BCUT2D eigenvalue weighted by atomic mass is 9.97. The van der Waals surface area contributed by atoms with Gasteiger partial charge in [-0.15, -0.1) is 0 Å². The van der Waals surface area contributed by atoms with E-state index in [0.29, 0.717) is 5.92 Å². The molecule has 0 saturated carbocycles. The van der Waals surface area contributed by atoms with Crippen LogP contribution in [0.1, 0.15) is 38.3 Å². The van der Waals surface area contributed by atoms with E-state index in [4.69, 9.17) is 0 Å². The van der Waals surface area contributed by atoms with Crippen molar-refractivity contribution in [2.75, 3.05) is 0 Å². The van der Waals surface area contributed by atoms with Crippen LogP contribution in [0.3, 0.4) is 0 Å². The first kappa shape index (κ1) is 17.7. The molecule has 2 atom stereocenters. The molecule has 0 saturated heterocycles. The Balaban J connectivity index is 2.21. The van der Waals surface area contributed by atoms with E-state index in [-0.39, 0.29) is 12.1 Å². The smallest absolute Gasteiger partial charge is 0.0667 e. The highest BCUT2D eigenvalue weighted by molar-refractivity contribution is 5.17. The van der Waals surface area contributed by atoms with E-state index in [2.05, 4.69) is 67.3 Å². The van der Waals surface area contributed by atoms with E-state index in [1.165, 1.54) is 11.1 Å². The molecule has 2 aromatic rings. The molecule has 0 aliphatic heterocycles. The lowest BCUT2D eigenvalue weighted by Gasteiger charge is -2.35. The summed E-state index contributed by atoms with van der Waals surface area (Å²) >= 11 is 0. The van der Waals surface area contributed by atoms with Crippen LogP contribution in [0.4, 0.5) is 0 Å². The highest BCUT2D eigenvalue weighted by Crippen LogP contribution is 2.21. The van der Waals surface area contributed by atoms with E-state index >= 15 is 0 Å². The van der Waals surface area contributed by atoms with Gasteiger partial charge in [-0.1, -0.05) is 74.5 Å². The lowest BCUT2D eigenvalue weighted by Crippen LogP contribution is -2.42. The van der Waals surface area contributed by atoms with Crippen LogP contribution >= 0.6 is 0 Å². The first-order valence-electron chi connectivity index (χ1n) is 8.56. The zero-order chi connectivity index (χ0) is 16.7. The fraction of sp³-hybridized carbons (Fsp3) is 0.429. The minimum Gasteiger partial charge on any atom is -0.392 e. The SMILES string of the molecule is CC(C)C[C@@H]([C@H](C)O)N(Cc1ccccc1)Cc1ccccc1. The number of rotatable bonds is 8. The minimum absolute atomic E-state index is 0.162. The van der Waals surface area contributed by atoms with Gasteiger partial charge in [-0.3, -0.25) is 4.90 Å². The maximum atomic E-state index is 10.3. The van der Waals surface area contributed by atoms with Crippen molar-refractivity contribution in [1.29, 1.82) is 0 Å². The molecule has 0 radical (unpaired) electrons. The van der Waals surface area contributed by atoms with Gasteiger partial charge in [-0.2, -0.15) is 0 Å². The second-order valence-corrected chi connectivity index (χ2v) is 6.81. The van der Waals surface area contributed by atoms with E-state index < -0.39 is 0 Å². The molecule has 2 aromatic carbocycles. The van der Waals surface area contributed by atoms with Crippen LogP contribution in [-0.2, 0) is 13.1 Å². The van der Waals surface area contributed by atoms with Gasteiger partial charge in [-0.25, -0.2) is 0 Å². The zero-order valence-electron chi connectivity index (χ0n) is 14.5. The van der Waals surface area contributed by atoms with Crippen molar-refractivity contribution < 1.29 is 5.11 Å². The minimum atomic E-state index is -0.343. The predicted octanol–water partition coefficient (Wildman–Crippen LogP) is 4.48. The Morgan fingerprint density at radius 1 is 0.783 bits per heavy atom. The van der Waals surface area contributed by atoms with Crippen molar-refractivity contribution in [1.82, 2.24) is 4.90 Å². The molecule has 2 heteroatoms. The monoisotopic (exact) mass is 311 g/mol. The predicted molar refractivity (Wildman–Crippen MR) is 97.1 cm³/mol. The number of benzene rings is 2. The average molecular weight is 311 g/mol. The van der Waals surface area contributed by atoms with Crippen molar-refractivity contribution >= 4 is 0 Å². The first-order valence-corrected chi connectivity index (χ1v) is 8.56. The molecule has 0 amide bonds. The van der Waals surface area contributed by atoms with Gasteiger partial charge in [0.1, 0.15) is 0 Å². The molecule has 0 aliphatic rings. The van der Waals surface area contributed by atoms with Gasteiger partial charge in [0.25, 0.3) is 0 Å². The van der Waals surface area contributed by atoms with Gasteiger partial charge in [-0.05, 0) is 30.4 Å². The van der Waals surface area contributed by atoms with Gasteiger partial charge in [0.05, 0.1) is 6.10 Å². The fourth-order valence-electron chi connectivity index (χ4n) is 3.06. The van der Waals surface area contributed by atoms with E-state index in [1.807, 2.05) is 19.1 Å². The van der Waals surface area contributed by atoms with Crippen molar-refractivity contribution in [2.24, 2.45) is 5.92 Å². The van der Waals surface area contributed by atoms with Gasteiger partial charge >= 0.3 is 0 Å². The molecule has 23 heavy (non-hydrogen) atoms. The summed E-state index contributed by atoms with van der Waals surface area (Å²) in [5.74, 6) is 0.559.